The van der Waals surface area contributed by atoms with Crippen molar-refractivity contribution < 1.29 is 28.5 Å². The van der Waals surface area contributed by atoms with Crippen LogP contribution in [0.1, 0.15) is 43.6 Å². The third kappa shape index (κ3) is 4.09. The minimum absolute atomic E-state index is 0.0264. The maximum Gasteiger partial charge on any atom is 0.224 e. The predicted octanol–water partition coefficient (Wildman–Crippen LogP) is 3.66. The number of nitrogens with one attached hydrogen (secondary N) is 2. The Bertz CT molecular complexity index is 1290. The molecule has 3 heterocycles. The summed E-state index contributed by atoms with van der Waals surface area (Å²) < 4.78 is 81.7. The average molecular weight is 452 g/mol. The molecule has 1 saturated heterocycles. The van der Waals surface area contributed by atoms with E-state index in [0.29, 0.717) is 25.2 Å². The zero-order valence-corrected chi connectivity index (χ0v) is 16.8. The molecule has 3 N–H and O–H groups in total. The van der Waals surface area contributed by atoms with E-state index < -0.39 is 48.0 Å². The summed E-state index contributed by atoms with van der Waals surface area (Å²) in [4.78, 5) is 12.9. The lowest BCUT2D eigenvalue weighted by molar-refractivity contribution is 0.126. The van der Waals surface area contributed by atoms with E-state index in [-0.39, 0.29) is 48.6 Å². The first-order chi connectivity index (χ1) is 17.0. The molecule has 1 aliphatic heterocycles. The van der Waals surface area contributed by atoms with E-state index >= 15 is 0 Å². The van der Waals surface area contributed by atoms with Gasteiger partial charge in [0.2, 0.25) is 11.9 Å². The van der Waals surface area contributed by atoms with Gasteiger partial charge in [-0.25, -0.2) is 23.1 Å². The third-order valence-corrected chi connectivity index (χ3v) is 5.35. The van der Waals surface area contributed by atoms with Crippen LogP contribution in [0.3, 0.4) is 0 Å². The van der Waals surface area contributed by atoms with Crippen molar-refractivity contribution in [2.24, 2.45) is 0 Å². The van der Waals surface area contributed by atoms with Crippen molar-refractivity contribution in [2.75, 3.05) is 23.8 Å². The van der Waals surface area contributed by atoms with Crippen molar-refractivity contribution in [3.63, 3.8) is 0 Å². The number of benzene rings is 1. The topological polar surface area (TPSA) is 97.1 Å². The minimum Gasteiger partial charge on any atom is -0.393 e. The number of fused-ring (bicyclic) bond motifs is 1. The predicted molar refractivity (Wildman–Crippen MR) is 111 cm³/mol. The molecule has 3 aromatic rings. The first-order valence-corrected chi connectivity index (χ1v) is 10.1. The van der Waals surface area contributed by atoms with Crippen LogP contribution in [-0.4, -0.2) is 49.9 Å². The highest BCUT2D eigenvalue weighted by molar-refractivity contribution is 5.76. The van der Waals surface area contributed by atoms with Crippen molar-refractivity contribution in [3.8, 4) is 0 Å². The highest BCUT2D eigenvalue weighted by Crippen LogP contribution is 2.32. The van der Waals surface area contributed by atoms with Gasteiger partial charge in [0.1, 0.15) is 17.0 Å². The maximum absolute atomic E-state index is 14.3. The van der Waals surface area contributed by atoms with Crippen LogP contribution in [0, 0.1) is 17.5 Å². The van der Waals surface area contributed by atoms with Crippen molar-refractivity contribution in [3.05, 3.63) is 35.8 Å². The first-order valence-electron chi connectivity index (χ1n) is 12.2. The van der Waals surface area contributed by atoms with Crippen molar-refractivity contribution in [1.82, 2.24) is 19.5 Å². The van der Waals surface area contributed by atoms with Crippen molar-refractivity contribution in [1.29, 1.82) is 0 Å². The zero-order valence-electron chi connectivity index (χ0n) is 20.8. The van der Waals surface area contributed by atoms with Crippen LogP contribution < -0.4 is 10.6 Å². The summed E-state index contributed by atoms with van der Waals surface area (Å²) in [7, 11) is 0. The average Bonchev–Trinajstić information content (AvgIpc) is 3.45. The lowest BCUT2D eigenvalue weighted by atomic mass is 9.93. The van der Waals surface area contributed by atoms with E-state index in [1.807, 2.05) is 0 Å². The van der Waals surface area contributed by atoms with E-state index in [4.69, 9.17) is 10.2 Å². The normalized spacial score (nSPS) is 34.6. The summed E-state index contributed by atoms with van der Waals surface area (Å²) in [6, 6.07) is -0.945. The molecule has 1 aliphatic carbocycles. The molecule has 5 atom stereocenters. The van der Waals surface area contributed by atoms with Crippen LogP contribution in [0.25, 0.3) is 11.2 Å². The number of hydrogen-bond acceptors (Lipinski definition) is 7. The van der Waals surface area contributed by atoms with Gasteiger partial charge in [0, 0.05) is 27.5 Å². The van der Waals surface area contributed by atoms with Gasteiger partial charge in [-0.1, -0.05) is 0 Å². The number of imidazole rings is 1. The number of halogens is 3. The Morgan fingerprint density at radius 2 is 1.97 bits per heavy atom. The van der Waals surface area contributed by atoms with E-state index in [0.717, 1.165) is 0 Å². The quantitative estimate of drug-likeness (QED) is 0.544. The second kappa shape index (κ2) is 8.55. The van der Waals surface area contributed by atoms with E-state index in [9.17, 15) is 18.3 Å². The monoisotopic (exact) mass is 452 g/mol. The summed E-state index contributed by atoms with van der Waals surface area (Å²) in [5.74, 6) is -3.37. The van der Waals surface area contributed by atoms with Gasteiger partial charge in [0.05, 0.1) is 27.7 Å². The number of hydrogen-bond donors (Lipinski definition) is 3. The smallest absolute Gasteiger partial charge is 0.224 e. The van der Waals surface area contributed by atoms with Crippen LogP contribution in [0.4, 0.5) is 30.8 Å². The van der Waals surface area contributed by atoms with Gasteiger partial charge >= 0.3 is 0 Å². The highest BCUT2D eigenvalue weighted by Gasteiger charge is 2.27. The number of rotatable bonds is 5. The molecule has 2 fully saturated rings. The van der Waals surface area contributed by atoms with Crippen LogP contribution in [0.15, 0.2) is 18.3 Å². The molecule has 2 aromatic heterocycles. The second-order valence-corrected chi connectivity index (χ2v) is 7.57. The molecule has 0 amide bonds. The van der Waals surface area contributed by atoms with Gasteiger partial charge in [0.15, 0.2) is 17.3 Å². The number of aromatic nitrogens is 4. The van der Waals surface area contributed by atoms with Crippen LogP contribution >= 0.6 is 0 Å². The number of aliphatic hydroxyl groups is 1. The van der Waals surface area contributed by atoms with Gasteiger partial charge in [-0.05, 0) is 32.1 Å². The first kappa shape index (κ1) is 16.7. The number of ether oxygens (including phenoxy) is 1. The van der Waals surface area contributed by atoms with Crippen LogP contribution in [-0.2, 0) is 4.74 Å². The van der Waals surface area contributed by atoms with Gasteiger partial charge in [-0.3, -0.25) is 4.57 Å². The molecule has 8 nitrogen and oxygen atoms in total. The molecule has 1 saturated carbocycles. The van der Waals surface area contributed by atoms with Crippen molar-refractivity contribution >= 4 is 28.7 Å². The maximum atomic E-state index is 14.3. The largest absolute Gasteiger partial charge is 0.393 e. The van der Waals surface area contributed by atoms with Gasteiger partial charge in [0.25, 0.3) is 0 Å². The Morgan fingerprint density at radius 1 is 1.16 bits per heavy atom. The van der Waals surface area contributed by atoms with E-state index in [2.05, 4.69) is 25.6 Å². The van der Waals surface area contributed by atoms with Gasteiger partial charge in [-0.2, -0.15) is 4.98 Å². The standard InChI is InChI=1S/C21H23F3N6O2/c22-11-7-15(23)18(16(24)8-11)28-21-27-17-9-25-20(26-12-1-3-14(31)4-2-12)29-19(17)30(21)13-5-6-32-10-13/h7-9,12-14,31H,1-6,10H2,(H,27,28)(H,25,26,29)/i1D,3D,12D,14D. The Hall–Kier alpha value is -2.92. The molecule has 5 rings (SSSR count). The Kier molecular flexibility index (Phi) is 4.45. The van der Waals surface area contributed by atoms with E-state index in [1.165, 1.54) is 6.20 Å². The van der Waals surface area contributed by atoms with E-state index in [1.54, 1.807) is 4.57 Å². The highest BCUT2D eigenvalue weighted by atomic mass is 19.1. The molecule has 1 aromatic carbocycles. The summed E-state index contributed by atoms with van der Waals surface area (Å²) in [6.07, 6.45) is -3.53. The lowest BCUT2D eigenvalue weighted by Crippen LogP contribution is -2.29. The van der Waals surface area contributed by atoms with Crippen LogP contribution in [0.2, 0.25) is 0 Å². The molecule has 32 heavy (non-hydrogen) atoms. The molecular formula is C21H23F3N6O2. The Labute approximate surface area is 187 Å². The fourth-order valence-corrected chi connectivity index (χ4v) is 3.76. The molecule has 0 spiro atoms. The SMILES string of the molecule is [2H]C1C([2H])C([2H])(Nc2ncc3nc(Nc4c(F)cc(F)cc4F)n(C4CCOC4)c3n2)CCC1([2H])O. The van der Waals surface area contributed by atoms with Gasteiger partial charge in [-0.15, -0.1) is 0 Å². The second-order valence-electron chi connectivity index (χ2n) is 7.57. The molecule has 0 bridgehead atoms. The Balaban J connectivity index is 1.53. The minimum atomic E-state index is -2.13. The third-order valence-electron chi connectivity index (χ3n) is 5.35. The number of nitrogens with zero attached hydrogens (tertiary/aromatic N) is 4. The summed E-state index contributed by atoms with van der Waals surface area (Å²) >= 11 is 0. The van der Waals surface area contributed by atoms with Crippen molar-refractivity contribution in [2.45, 2.75) is 50.2 Å². The molecule has 5 unspecified atom stereocenters. The molecule has 2 aliphatic rings. The fraction of sp³-hybridized carbons (Fsp3) is 0.476. The summed E-state index contributed by atoms with van der Waals surface area (Å²) in [5, 5.41) is 15.3. The zero-order chi connectivity index (χ0) is 25.8. The number of anilines is 3. The van der Waals surface area contributed by atoms with Crippen LogP contribution in [0.5, 0.6) is 0 Å². The fourth-order valence-electron chi connectivity index (χ4n) is 3.76. The summed E-state index contributed by atoms with van der Waals surface area (Å²) in [6.45, 7) is 0.720. The Morgan fingerprint density at radius 3 is 2.72 bits per heavy atom. The summed E-state index contributed by atoms with van der Waals surface area (Å²) in [5.41, 5.74) is -0.0671. The lowest BCUT2D eigenvalue weighted by Gasteiger charge is -2.26. The molecule has 170 valence electrons. The molecule has 11 heteroatoms. The van der Waals surface area contributed by atoms with Gasteiger partial charge < -0.3 is 20.5 Å². The molecular weight excluding hydrogens is 425 g/mol. The molecule has 0 radical (unpaired) electrons.